The molecule has 6 nitrogen and oxygen atoms in total. The third-order valence-electron chi connectivity index (χ3n) is 5.83. The highest BCUT2D eigenvalue weighted by Gasteiger charge is 2.46. The molecule has 1 heterocycles. The molecule has 8 heteroatoms. The van der Waals surface area contributed by atoms with Crippen LogP contribution in [0.15, 0.2) is 42.2 Å². The standard InChI is InChI=1S/C23H19Cl2NO5/c1-11(27)10-26-21(30)16(19(28)22(26)31)14-8-12-9-23(2,13-6-4-3-5-7-13)20(29)15(12)18(25)17(14)24/h3-8,11,27-28H,9-10H2,1-2H3. The van der Waals surface area contributed by atoms with E-state index in [0.717, 1.165) is 10.5 Å². The van der Waals surface area contributed by atoms with Crippen LogP contribution in [0.1, 0.15) is 40.9 Å². The van der Waals surface area contributed by atoms with Gasteiger partial charge in [-0.25, -0.2) is 0 Å². The van der Waals surface area contributed by atoms with Crippen molar-refractivity contribution in [3.05, 3.63) is 74.5 Å². The summed E-state index contributed by atoms with van der Waals surface area (Å²) in [5.41, 5.74) is 0.608. The van der Waals surface area contributed by atoms with Gasteiger partial charge in [0.05, 0.1) is 33.7 Å². The van der Waals surface area contributed by atoms with Gasteiger partial charge in [-0.3, -0.25) is 19.3 Å². The lowest BCUT2D eigenvalue weighted by atomic mass is 9.79. The van der Waals surface area contributed by atoms with E-state index in [2.05, 4.69) is 0 Å². The summed E-state index contributed by atoms with van der Waals surface area (Å²) in [5, 5.41) is 19.8. The first-order valence-corrected chi connectivity index (χ1v) is 10.4. The summed E-state index contributed by atoms with van der Waals surface area (Å²) in [5.74, 6) is -2.65. The average molecular weight is 460 g/mol. The fourth-order valence-electron chi connectivity index (χ4n) is 4.26. The van der Waals surface area contributed by atoms with Crippen LogP contribution in [0.3, 0.4) is 0 Å². The summed E-state index contributed by atoms with van der Waals surface area (Å²) in [6.07, 6.45) is -0.647. The number of halogens is 2. The normalized spacial score (nSPS) is 21.8. The van der Waals surface area contributed by atoms with E-state index in [1.807, 2.05) is 37.3 Å². The second-order valence-electron chi connectivity index (χ2n) is 8.08. The molecule has 0 spiro atoms. The minimum Gasteiger partial charge on any atom is -0.502 e. The van der Waals surface area contributed by atoms with Crippen LogP contribution in [0.4, 0.5) is 0 Å². The number of imide groups is 1. The minimum atomic E-state index is -0.969. The lowest BCUT2D eigenvalue weighted by Gasteiger charge is -2.22. The molecule has 31 heavy (non-hydrogen) atoms. The van der Waals surface area contributed by atoms with Gasteiger partial charge in [0, 0.05) is 11.1 Å². The van der Waals surface area contributed by atoms with Crippen LogP contribution < -0.4 is 0 Å². The zero-order valence-corrected chi connectivity index (χ0v) is 18.3. The quantitative estimate of drug-likeness (QED) is 0.679. The second-order valence-corrected chi connectivity index (χ2v) is 8.84. The van der Waals surface area contributed by atoms with Crippen LogP contribution in [-0.2, 0) is 21.4 Å². The number of carbonyl (C=O) groups excluding carboxylic acids is 3. The molecule has 1 aliphatic carbocycles. The van der Waals surface area contributed by atoms with Crippen molar-refractivity contribution < 1.29 is 24.6 Å². The highest BCUT2D eigenvalue weighted by molar-refractivity contribution is 6.47. The van der Waals surface area contributed by atoms with Gasteiger partial charge in [0.1, 0.15) is 0 Å². The number of hydrogen-bond acceptors (Lipinski definition) is 5. The van der Waals surface area contributed by atoms with Gasteiger partial charge < -0.3 is 10.2 Å². The number of hydrogen-bond donors (Lipinski definition) is 2. The Morgan fingerprint density at radius 3 is 2.35 bits per heavy atom. The first-order chi connectivity index (χ1) is 14.6. The van der Waals surface area contributed by atoms with Crippen LogP contribution in [0.25, 0.3) is 5.57 Å². The molecule has 2 aromatic rings. The van der Waals surface area contributed by atoms with Crippen LogP contribution in [-0.4, -0.2) is 45.4 Å². The van der Waals surface area contributed by atoms with Crippen molar-refractivity contribution in [3.8, 4) is 0 Å². The number of Topliss-reactive ketones (excluding diaryl/α,β-unsaturated/α-hetero) is 1. The Balaban J connectivity index is 1.83. The second kappa shape index (κ2) is 7.48. The monoisotopic (exact) mass is 459 g/mol. The molecule has 2 amide bonds. The number of fused-ring (bicyclic) bond motifs is 1. The molecule has 0 bridgehead atoms. The molecule has 0 saturated carbocycles. The lowest BCUT2D eigenvalue weighted by molar-refractivity contribution is -0.139. The van der Waals surface area contributed by atoms with Crippen LogP contribution in [0.2, 0.25) is 10.0 Å². The number of rotatable bonds is 4. The van der Waals surface area contributed by atoms with Gasteiger partial charge in [-0.2, -0.15) is 0 Å². The van der Waals surface area contributed by atoms with E-state index in [1.54, 1.807) is 0 Å². The average Bonchev–Trinajstić information content (AvgIpc) is 3.11. The Labute approximate surface area is 188 Å². The van der Waals surface area contributed by atoms with Crippen molar-refractivity contribution in [2.45, 2.75) is 31.8 Å². The summed E-state index contributed by atoms with van der Waals surface area (Å²) in [6.45, 7) is 2.97. The molecule has 0 saturated heterocycles. The molecule has 160 valence electrons. The Morgan fingerprint density at radius 1 is 1.10 bits per heavy atom. The zero-order chi connectivity index (χ0) is 22.7. The van der Waals surface area contributed by atoms with Crippen molar-refractivity contribution in [2.75, 3.05) is 6.54 Å². The van der Waals surface area contributed by atoms with Crippen molar-refractivity contribution in [2.24, 2.45) is 0 Å². The third-order valence-corrected chi connectivity index (χ3v) is 6.70. The number of benzene rings is 2. The Bertz CT molecular complexity index is 1170. The molecule has 2 aromatic carbocycles. The molecule has 0 radical (unpaired) electrons. The summed E-state index contributed by atoms with van der Waals surface area (Å²) >= 11 is 12.9. The molecule has 4 rings (SSSR count). The van der Waals surface area contributed by atoms with E-state index in [4.69, 9.17) is 23.2 Å². The first kappa shape index (κ1) is 21.6. The first-order valence-electron chi connectivity index (χ1n) is 9.67. The van der Waals surface area contributed by atoms with Crippen molar-refractivity contribution in [1.29, 1.82) is 0 Å². The molecule has 2 unspecified atom stereocenters. The van der Waals surface area contributed by atoms with Gasteiger partial charge in [-0.1, -0.05) is 53.5 Å². The maximum absolute atomic E-state index is 13.3. The topological polar surface area (TPSA) is 94.9 Å². The maximum Gasteiger partial charge on any atom is 0.296 e. The predicted octanol–water partition coefficient (Wildman–Crippen LogP) is 3.71. The summed E-state index contributed by atoms with van der Waals surface area (Å²) in [6, 6.07) is 10.8. The van der Waals surface area contributed by atoms with E-state index in [0.29, 0.717) is 12.0 Å². The van der Waals surface area contributed by atoms with E-state index in [1.165, 1.54) is 13.0 Å². The SMILES string of the molecule is CC(O)CN1C(=O)C(O)=C(c2cc3c(c(Cl)c2Cl)C(=O)C(C)(c2ccccc2)C3)C1=O. The molecule has 2 atom stereocenters. The molecule has 1 aliphatic heterocycles. The number of aliphatic hydroxyl groups excluding tert-OH is 2. The largest absolute Gasteiger partial charge is 0.502 e. The van der Waals surface area contributed by atoms with Gasteiger partial charge in [0.25, 0.3) is 11.8 Å². The van der Waals surface area contributed by atoms with Gasteiger partial charge in [0.15, 0.2) is 11.5 Å². The number of amides is 2. The fraction of sp³-hybridized carbons (Fsp3) is 0.261. The molecule has 2 aliphatic rings. The predicted molar refractivity (Wildman–Crippen MR) is 116 cm³/mol. The Hall–Kier alpha value is -2.67. The Kier molecular flexibility index (Phi) is 5.20. The third kappa shape index (κ3) is 3.17. The Morgan fingerprint density at radius 2 is 1.74 bits per heavy atom. The van der Waals surface area contributed by atoms with Crippen LogP contribution in [0, 0.1) is 0 Å². The van der Waals surface area contributed by atoms with Gasteiger partial charge in [-0.05, 0) is 37.5 Å². The van der Waals surface area contributed by atoms with E-state index < -0.39 is 29.1 Å². The number of ketones is 1. The van der Waals surface area contributed by atoms with Crippen LogP contribution >= 0.6 is 23.2 Å². The molecular weight excluding hydrogens is 441 g/mol. The molecule has 2 N–H and O–H groups in total. The molecular formula is C23H19Cl2NO5. The summed E-state index contributed by atoms with van der Waals surface area (Å²) < 4.78 is 0. The van der Waals surface area contributed by atoms with E-state index in [9.17, 15) is 24.6 Å². The lowest BCUT2D eigenvalue weighted by Crippen LogP contribution is -2.37. The summed E-state index contributed by atoms with van der Waals surface area (Å²) in [7, 11) is 0. The highest BCUT2D eigenvalue weighted by Crippen LogP contribution is 2.47. The molecule has 0 aromatic heterocycles. The van der Waals surface area contributed by atoms with Crippen molar-refractivity contribution >= 4 is 46.4 Å². The van der Waals surface area contributed by atoms with Gasteiger partial charge in [0.2, 0.25) is 0 Å². The smallest absolute Gasteiger partial charge is 0.296 e. The zero-order valence-electron chi connectivity index (χ0n) is 16.8. The number of aliphatic hydroxyl groups is 2. The fourth-order valence-corrected chi connectivity index (χ4v) is 4.81. The maximum atomic E-state index is 13.3. The van der Waals surface area contributed by atoms with Gasteiger partial charge in [-0.15, -0.1) is 0 Å². The van der Waals surface area contributed by atoms with E-state index in [-0.39, 0.29) is 39.1 Å². The number of carbonyl (C=O) groups is 3. The van der Waals surface area contributed by atoms with E-state index >= 15 is 0 Å². The van der Waals surface area contributed by atoms with Crippen molar-refractivity contribution in [3.63, 3.8) is 0 Å². The highest BCUT2D eigenvalue weighted by atomic mass is 35.5. The summed E-state index contributed by atoms with van der Waals surface area (Å²) in [4.78, 5) is 39.3. The number of β-amino-alcohol motifs (C(OH)–C–C–N with tert-alkyl or cyclic N) is 1. The minimum absolute atomic E-state index is 0.0200. The van der Waals surface area contributed by atoms with Crippen LogP contribution in [0.5, 0.6) is 0 Å². The number of nitrogens with zero attached hydrogens (tertiary/aromatic N) is 1. The molecule has 0 fully saturated rings. The van der Waals surface area contributed by atoms with Gasteiger partial charge >= 0.3 is 0 Å². The van der Waals surface area contributed by atoms with Crippen molar-refractivity contribution in [1.82, 2.24) is 4.90 Å².